The molecule has 1 aliphatic rings. The first-order chi connectivity index (χ1) is 16.2. The maximum Gasteiger partial charge on any atom is 0.229 e. The summed E-state index contributed by atoms with van der Waals surface area (Å²) in [6.07, 6.45) is 0. The van der Waals surface area contributed by atoms with Gasteiger partial charge >= 0.3 is 0 Å². The first kappa shape index (κ1) is 19.7. The highest BCUT2D eigenvalue weighted by molar-refractivity contribution is 5.93. The molecule has 7 heteroatoms. The zero-order valence-corrected chi connectivity index (χ0v) is 18.3. The van der Waals surface area contributed by atoms with E-state index in [1.54, 1.807) is 0 Å². The van der Waals surface area contributed by atoms with Gasteiger partial charge in [-0.2, -0.15) is 4.52 Å². The molecule has 2 aromatic heterocycles. The van der Waals surface area contributed by atoms with Crippen molar-refractivity contribution in [1.82, 2.24) is 19.6 Å². The molecule has 33 heavy (non-hydrogen) atoms. The lowest BCUT2D eigenvalue weighted by Gasteiger charge is -2.36. The molecule has 6 rings (SSSR count). The normalized spacial score (nSPS) is 14.4. The largest absolute Gasteiger partial charge is 0.368 e. The number of para-hydroxylation sites is 1. The summed E-state index contributed by atoms with van der Waals surface area (Å²) in [4.78, 5) is 14.4. The Morgan fingerprint density at radius 2 is 1.55 bits per heavy atom. The van der Waals surface area contributed by atoms with Crippen molar-refractivity contribution in [3.8, 4) is 11.4 Å². The minimum atomic E-state index is -0.212. The van der Waals surface area contributed by atoms with Crippen LogP contribution in [-0.4, -0.2) is 45.8 Å². The van der Waals surface area contributed by atoms with Gasteiger partial charge in [0.1, 0.15) is 5.82 Å². The molecule has 6 nitrogen and oxygen atoms in total. The Hall–Kier alpha value is -4.00. The number of benzene rings is 3. The monoisotopic (exact) mass is 438 g/mol. The molecule has 1 aliphatic heterocycles. The second-order valence-electron chi connectivity index (χ2n) is 8.42. The summed E-state index contributed by atoms with van der Waals surface area (Å²) in [5.74, 6) is 1.28. The summed E-state index contributed by atoms with van der Waals surface area (Å²) in [7, 11) is 0. The molecule has 5 aromatic rings. The minimum Gasteiger partial charge on any atom is -0.368 e. The number of anilines is 2. The predicted molar refractivity (Wildman–Crippen MR) is 129 cm³/mol. The predicted octanol–water partition coefficient (Wildman–Crippen LogP) is 4.72. The fourth-order valence-corrected chi connectivity index (χ4v) is 4.47. The lowest BCUT2D eigenvalue weighted by Crippen LogP contribution is -2.47. The van der Waals surface area contributed by atoms with Gasteiger partial charge in [-0.15, -0.1) is 5.10 Å². The molecular weight excluding hydrogens is 415 g/mol. The summed E-state index contributed by atoms with van der Waals surface area (Å²) in [6, 6.07) is 23.0. The molecule has 0 bridgehead atoms. The molecular formula is C26H23FN6. The highest BCUT2D eigenvalue weighted by Crippen LogP contribution is 2.27. The van der Waals surface area contributed by atoms with Crippen LogP contribution in [0.1, 0.15) is 5.56 Å². The van der Waals surface area contributed by atoms with Crippen molar-refractivity contribution in [2.24, 2.45) is 0 Å². The Labute approximate surface area is 190 Å². The van der Waals surface area contributed by atoms with Crippen LogP contribution in [0, 0.1) is 12.7 Å². The van der Waals surface area contributed by atoms with E-state index in [1.165, 1.54) is 17.7 Å². The molecule has 1 fully saturated rings. The van der Waals surface area contributed by atoms with E-state index in [0.29, 0.717) is 5.82 Å². The van der Waals surface area contributed by atoms with Crippen LogP contribution in [0.2, 0.25) is 0 Å². The fourth-order valence-electron chi connectivity index (χ4n) is 4.47. The Bertz CT molecular complexity index is 1450. The van der Waals surface area contributed by atoms with E-state index in [-0.39, 0.29) is 5.82 Å². The van der Waals surface area contributed by atoms with E-state index < -0.39 is 0 Å². The number of rotatable bonds is 3. The summed E-state index contributed by atoms with van der Waals surface area (Å²) < 4.78 is 15.2. The van der Waals surface area contributed by atoms with Gasteiger partial charge in [0.05, 0.1) is 5.52 Å². The molecule has 0 amide bonds. The molecule has 0 N–H and O–H groups in total. The smallest absolute Gasteiger partial charge is 0.229 e. The Morgan fingerprint density at radius 1 is 0.788 bits per heavy atom. The zero-order chi connectivity index (χ0) is 22.4. The van der Waals surface area contributed by atoms with Gasteiger partial charge in [-0.3, -0.25) is 0 Å². The Balaban J connectivity index is 1.39. The van der Waals surface area contributed by atoms with Crippen LogP contribution >= 0.6 is 0 Å². The van der Waals surface area contributed by atoms with E-state index in [4.69, 9.17) is 15.1 Å². The summed E-state index contributed by atoms with van der Waals surface area (Å²) in [6.45, 7) is 5.29. The van der Waals surface area contributed by atoms with Crippen molar-refractivity contribution in [2.45, 2.75) is 6.92 Å². The summed E-state index contributed by atoms with van der Waals surface area (Å²) >= 11 is 0. The van der Waals surface area contributed by atoms with E-state index >= 15 is 0 Å². The molecule has 3 aromatic carbocycles. The van der Waals surface area contributed by atoms with Gasteiger partial charge < -0.3 is 9.80 Å². The number of aryl methyl sites for hydroxylation is 1. The standard InChI is InChI=1S/C26H23FN6/c1-18-5-4-6-19(17-18)24-29-25-22-7-2-3-8-23(22)28-26(33(25)30-24)32-15-13-31(14-16-32)21-11-9-20(27)10-12-21/h2-12,17H,13-16H2,1H3. The number of hydrogen-bond donors (Lipinski definition) is 0. The number of hydrogen-bond acceptors (Lipinski definition) is 5. The molecule has 3 heterocycles. The van der Waals surface area contributed by atoms with Gasteiger partial charge in [-0.05, 0) is 49.4 Å². The van der Waals surface area contributed by atoms with Crippen LogP contribution in [-0.2, 0) is 0 Å². The highest BCUT2D eigenvalue weighted by Gasteiger charge is 2.23. The van der Waals surface area contributed by atoms with Crippen LogP contribution in [0.25, 0.3) is 27.9 Å². The molecule has 0 spiro atoms. The number of aromatic nitrogens is 4. The molecule has 1 saturated heterocycles. The van der Waals surface area contributed by atoms with Crippen molar-refractivity contribution in [3.63, 3.8) is 0 Å². The molecule has 0 unspecified atom stereocenters. The first-order valence-corrected chi connectivity index (χ1v) is 11.1. The Kier molecular flexibility index (Phi) is 4.68. The van der Waals surface area contributed by atoms with Gasteiger partial charge in [0.25, 0.3) is 0 Å². The topological polar surface area (TPSA) is 49.6 Å². The van der Waals surface area contributed by atoms with Crippen LogP contribution < -0.4 is 9.80 Å². The summed E-state index contributed by atoms with van der Waals surface area (Å²) in [5.41, 5.74) is 4.92. The third-order valence-corrected chi connectivity index (χ3v) is 6.19. The minimum absolute atomic E-state index is 0.212. The van der Waals surface area contributed by atoms with Gasteiger partial charge in [-0.25, -0.2) is 14.4 Å². The maximum absolute atomic E-state index is 13.3. The van der Waals surface area contributed by atoms with E-state index in [0.717, 1.165) is 59.9 Å². The van der Waals surface area contributed by atoms with Crippen LogP contribution in [0.15, 0.2) is 72.8 Å². The van der Waals surface area contributed by atoms with E-state index in [2.05, 4.69) is 28.9 Å². The number of halogens is 1. The average Bonchev–Trinajstić information content (AvgIpc) is 3.30. The SMILES string of the molecule is Cc1cccc(-c2nc3c4ccccc4nc(N4CCN(c5ccc(F)cc5)CC4)n3n2)c1. The lowest BCUT2D eigenvalue weighted by atomic mass is 10.1. The summed E-state index contributed by atoms with van der Waals surface area (Å²) in [5, 5.41) is 5.87. The third-order valence-electron chi connectivity index (χ3n) is 6.19. The second-order valence-corrected chi connectivity index (χ2v) is 8.42. The van der Waals surface area contributed by atoms with Crippen LogP contribution in [0.3, 0.4) is 0 Å². The van der Waals surface area contributed by atoms with Crippen LogP contribution in [0.4, 0.5) is 16.0 Å². The van der Waals surface area contributed by atoms with E-state index in [9.17, 15) is 4.39 Å². The fraction of sp³-hybridized carbons (Fsp3) is 0.192. The van der Waals surface area contributed by atoms with Crippen molar-refractivity contribution in [1.29, 1.82) is 0 Å². The number of nitrogens with zero attached hydrogens (tertiary/aromatic N) is 6. The third kappa shape index (κ3) is 3.55. The van der Waals surface area contributed by atoms with Crippen molar-refractivity contribution in [3.05, 3.63) is 84.2 Å². The van der Waals surface area contributed by atoms with Crippen LogP contribution in [0.5, 0.6) is 0 Å². The molecule has 0 aliphatic carbocycles. The van der Waals surface area contributed by atoms with Crippen molar-refractivity contribution >= 4 is 28.2 Å². The lowest BCUT2D eigenvalue weighted by molar-refractivity contribution is 0.621. The maximum atomic E-state index is 13.3. The zero-order valence-electron chi connectivity index (χ0n) is 18.3. The van der Waals surface area contributed by atoms with E-state index in [1.807, 2.05) is 53.0 Å². The Morgan fingerprint density at radius 3 is 2.33 bits per heavy atom. The number of piperazine rings is 1. The average molecular weight is 439 g/mol. The molecule has 0 radical (unpaired) electrons. The van der Waals surface area contributed by atoms with Crippen molar-refractivity contribution in [2.75, 3.05) is 36.0 Å². The molecule has 0 atom stereocenters. The van der Waals surface area contributed by atoms with Crippen molar-refractivity contribution < 1.29 is 4.39 Å². The quantitative estimate of drug-likeness (QED) is 0.408. The van der Waals surface area contributed by atoms with Gasteiger partial charge in [0.2, 0.25) is 5.95 Å². The molecule has 164 valence electrons. The second kappa shape index (κ2) is 7.85. The first-order valence-electron chi connectivity index (χ1n) is 11.1. The van der Waals surface area contributed by atoms with Gasteiger partial charge in [-0.1, -0.05) is 35.9 Å². The number of fused-ring (bicyclic) bond motifs is 3. The van der Waals surface area contributed by atoms with Gasteiger partial charge in [0.15, 0.2) is 11.5 Å². The van der Waals surface area contributed by atoms with Gasteiger partial charge in [0, 0.05) is 42.8 Å². The molecule has 0 saturated carbocycles. The highest BCUT2D eigenvalue weighted by atomic mass is 19.1.